The second kappa shape index (κ2) is 5.89. The molecule has 0 saturated heterocycles. The van der Waals surface area contributed by atoms with Gasteiger partial charge in [0, 0.05) is 19.3 Å². The van der Waals surface area contributed by atoms with Gasteiger partial charge in [0.05, 0.1) is 5.69 Å². The minimum Gasteiger partial charge on any atom is -0.444 e. The molecule has 0 saturated carbocycles. The monoisotopic (exact) mass is 253 g/mol. The van der Waals surface area contributed by atoms with Crippen LogP contribution in [-0.4, -0.2) is 28.0 Å². The molecule has 0 aromatic carbocycles. The number of nitrogens with one attached hydrogen (secondary N) is 1. The fourth-order valence-corrected chi connectivity index (χ4v) is 1.53. The molecule has 0 spiro atoms. The largest absolute Gasteiger partial charge is 0.444 e. The van der Waals surface area contributed by atoms with Crippen molar-refractivity contribution < 1.29 is 9.53 Å². The van der Waals surface area contributed by atoms with Crippen molar-refractivity contribution in [3.05, 3.63) is 17.5 Å². The number of nitrogens with zero attached hydrogens (tertiary/aromatic N) is 2. The maximum atomic E-state index is 11.4. The Morgan fingerprint density at radius 3 is 2.67 bits per heavy atom. The van der Waals surface area contributed by atoms with E-state index in [9.17, 15) is 4.79 Å². The number of carbonyl (C=O) groups is 1. The average molecular weight is 253 g/mol. The summed E-state index contributed by atoms with van der Waals surface area (Å²) < 4.78 is 7.00. The van der Waals surface area contributed by atoms with Crippen LogP contribution in [0.4, 0.5) is 4.79 Å². The molecular weight excluding hydrogens is 230 g/mol. The molecule has 1 aromatic rings. The second-order valence-electron chi connectivity index (χ2n) is 5.43. The van der Waals surface area contributed by atoms with E-state index in [4.69, 9.17) is 4.74 Å². The Kier molecular flexibility index (Phi) is 4.76. The van der Waals surface area contributed by atoms with Gasteiger partial charge >= 0.3 is 6.09 Å². The van der Waals surface area contributed by atoms with Crippen molar-refractivity contribution >= 4 is 6.09 Å². The van der Waals surface area contributed by atoms with Crippen LogP contribution in [0.15, 0.2) is 6.07 Å². The predicted molar refractivity (Wildman–Crippen MR) is 70.5 cm³/mol. The van der Waals surface area contributed by atoms with E-state index in [-0.39, 0.29) is 6.09 Å². The van der Waals surface area contributed by atoms with Gasteiger partial charge in [-0.05, 0) is 46.6 Å². The molecule has 1 amide bonds. The molecule has 0 aliphatic heterocycles. The first-order valence-electron chi connectivity index (χ1n) is 6.24. The number of hydrogen-bond acceptors (Lipinski definition) is 3. The molecule has 1 rings (SSSR count). The summed E-state index contributed by atoms with van der Waals surface area (Å²) in [5, 5.41) is 7.09. The Bertz CT molecular complexity index is 385. The number of aromatic nitrogens is 2. The quantitative estimate of drug-likeness (QED) is 0.837. The molecule has 5 nitrogen and oxygen atoms in total. The van der Waals surface area contributed by atoms with Gasteiger partial charge in [-0.3, -0.25) is 4.68 Å². The van der Waals surface area contributed by atoms with Crippen LogP contribution in [0.2, 0.25) is 0 Å². The minimum absolute atomic E-state index is 0.361. The summed E-state index contributed by atoms with van der Waals surface area (Å²) in [4.78, 5) is 11.4. The van der Waals surface area contributed by atoms with E-state index in [0.717, 1.165) is 24.2 Å². The average Bonchev–Trinajstić information content (AvgIpc) is 2.51. The number of alkyl carbamates (subject to hydrolysis) is 1. The van der Waals surface area contributed by atoms with Crippen LogP contribution in [0, 0.1) is 6.92 Å². The summed E-state index contributed by atoms with van der Waals surface area (Å²) in [6.45, 7) is 8.18. The van der Waals surface area contributed by atoms with Crippen molar-refractivity contribution in [1.82, 2.24) is 15.1 Å². The summed E-state index contributed by atoms with van der Waals surface area (Å²) in [6.07, 6.45) is 1.35. The molecule has 0 atom stereocenters. The lowest BCUT2D eigenvalue weighted by Crippen LogP contribution is -2.33. The first kappa shape index (κ1) is 14.5. The maximum absolute atomic E-state index is 11.4. The Hall–Kier alpha value is -1.52. The first-order valence-corrected chi connectivity index (χ1v) is 6.24. The molecule has 18 heavy (non-hydrogen) atoms. The number of aryl methyl sites for hydroxylation is 3. The first-order chi connectivity index (χ1) is 8.28. The Balaban J connectivity index is 2.21. The molecule has 0 fully saturated rings. The van der Waals surface area contributed by atoms with Crippen molar-refractivity contribution in [3.63, 3.8) is 0 Å². The molecular formula is C13H23N3O2. The third kappa shape index (κ3) is 5.21. The molecule has 102 valence electrons. The fraction of sp³-hybridized carbons (Fsp3) is 0.692. The number of rotatable bonds is 4. The van der Waals surface area contributed by atoms with Crippen molar-refractivity contribution in [2.45, 2.75) is 46.1 Å². The van der Waals surface area contributed by atoms with Gasteiger partial charge in [0.15, 0.2) is 0 Å². The van der Waals surface area contributed by atoms with E-state index in [0.29, 0.717) is 6.54 Å². The summed E-state index contributed by atoms with van der Waals surface area (Å²) in [6, 6.07) is 2.06. The van der Waals surface area contributed by atoms with E-state index in [1.54, 1.807) is 0 Å². The molecule has 1 heterocycles. The summed E-state index contributed by atoms with van der Waals surface area (Å²) in [5.41, 5.74) is 1.76. The molecule has 0 bridgehead atoms. The van der Waals surface area contributed by atoms with Gasteiger partial charge in [0.2, 0.25) is 0 Å². The van der Waals surface area contributed by atoms with Gasteiger partial charge < -0.3 is 10.1 Å². The number of hydrogen-bond donors (Lipinski definition) is 1. The number of amides is 1. The zero-order chi connectivity index (χ0) is 13.8. The van der Waals surface area contributed by atoms with Crippen molar-refractivity contribution in [2.75, 3.05) is 6.54 Å². The van der Waals surface area contributed by atoms with Gasteiger partial charge in [-0.2, -0.15) is 5.10 Å². The smallest absolute Gasteiger partial charge is 0.407 e. The van der Waals surface area contributed by atoms with Crippen molar-refractivity contribution in [3.8, 4) is 0 Å². The van der Waals surface area contributed by atoms with Gasteiger partial charge in [-0.15, -0.1) is 0 Å². The van der Waals surface area contributed by atoms with Crippen LogP contribution in [0.5, 0.6) is 0 Å². The van der Waals surface area contributed by atoms with Gasteiger partial charge in [0.25, 0.3) is 0 Å². The van der Waals surface area contributed by atoms with Gasteiger partial charge in [0.1, 0.15) is 5.60 Å². The van der Waals surface area contributed by atoms with Crippen LogP contribution >= 0.6 is 0 Å². The highest BCUT2D eigenvalue weighted by atomic mass is 16.6. The topological polar surface area (TPSA) is 56.1 Å². The highest BCUT2D eigenvalue weighted by Crippen LogP contribution is 2.07. The Morgan fingerprint density at radius 1 is 1.50 bits per heavy atom. The summed E-state index contributed by atoms with van der Waals surface area (Å²) in [5.74, 6) is 0. The summed E-state index contributed by atoms with van der Waals surface area (Å²) >= 11 is 0. The third-order valence-corrected chi connectivity index (χ3v) is 2.44. The third-order valence-electron chi connectivity index (χ3n) is 2.44. The lowest BCUT2D eigenvalue weighted by atomic mass is 10.2. The van der Waals surface area contributed by atoms with Gasteiger partial charge in [-0.1, -0.05) is 0 Å². The minimum atomic E-state index is -0.442. The fourth-order valence-electron chi connectivity index (χ4n) is 1.53. The Morgan fingerprint density at radius 2 is 2.17 bits per heavy atom. The predicted octanol–water partition coefficient (Wildman–Crippen LogP) is 2.19. The normalized spacial score (nSPS) is 11.4. The molecule has 0 aliphatic carbocycles. The second-order valence-corrected chi connectivity index (χ2v) is 5.43. The van der Waals surface area contributed by atoms with Gasteiger partial charge in [-0.25, -0.2) is 4.79 Å². The zero-order valence-electron chi connectivity index (χ0n) is 11.9. The maximum Gasteiger partial charge on any atom is 0.407 e. The van der Waals surface area contributed by atoms with E-state index in [2.05, 4.69) is 16.5 Å². The van der Waals surface area contributed by atoms with Crippen LogP contribution in [0.1, 0.15) is 38.6 Å². The van der Waals surface area contributed by atoms with E-state index in [1.165, 1.54) is 0 Å². The molecule has 0 unspecified atom stereocenters. The van der Waals surface area contributed by atoms with Crippen molar-refractivity contribution in [2.24, 2.45) is 7.05 Å². The van der Waals surface area contributed by atoms with E-state index < -0.39 is 5.60 Å². The SMILES string of the molecule is Cc1cc(CCCNC(=O)OC(C)(C)C)nn1C. The molecule has 1 N–H and O–H groups in total. The molecule has 1 aromatic heterocycles. The number of ether oxygens (including phenoxy) is 1. The van der Waals surface area contributed by atoms with Crippen LogP contribution in [0.25, 0.3) is 0 Å². The summed E-state index contributed by atoms with van der Waals surface area (Å²) in [7, 11) is 1.93. The lowest BCUT2D eigenvalue weighted by Gasteiger charge is -2.19. The highest BCUT2D eigenvalue weighted by Gasteiger charge is 2.15. The van der Waals surface area contributed by atoms with Crippen LogP contribution in [-0.2, 0) is 18.2 Å². The van der Waals surface area contributed by atoms with Crippen LogP contribution in [0.3, 0.4) is 0 Å². The van der Waals surface area contributed by atoms with E-state index >= 15 is 0 Å². The number of carbonyl (C=O) groups excluding carboxylic acids is 1. The van der Waals surface area contributed by atoms with Crippen molar-refractivity contribution in [1.29, 1.82) is 0 Å². The Labute approximate surface area is 109 Å². The van der Waals surface area contributed by atoms with Crippen LogP contribution < -0.4 is 5.32 Å². The lowest BCUT2D eigenvalue weighted by molar-refractivity contribution is 0.0527. The molecule has 0 aliphatic rings. The molecule has 0 radical (unpaired) electrons. The highest BCUT2D eigenvalue weighted by molar-refractivity contribution is 5.67. The molecule has 5 heteroatoms. The standard InChI is InChI=1S/C13H23N3O2/c1-10-9-11(15-16(10)5)7-6-8-14-12(17)18-13(2,3)4/h9H,6-8H2,1-5H3,(H,14,17). The zero-order valence-corrected chi connectivity index (χ0v) is 11.9. The van der Waals surface area contributed by atoms with E-state index in [1.807, 2.05) is 39.4 Å².